The highest BCUT2D eigenvalue weighted by Crippen LogP contribution is 2.37. The maximum absolute atomic E-state index is 14.7. The lowest BCUT2D eigenvalue weighted by atomic mass is 9.99. The zero-order valence-corrected chi connectivity index (χ0v) is 19.7. The number of ether oxygens (including phenoxy) is 1. The first-order chi connectivity index (χ1) is 16.1. The molecule has 1 aliphatic heterocycles. The van der Waals surface area contributed by atoms with Gasteiger partial charge in [0.15, 0.2) is 9.84 Å². The number of anilines is 1. The number of rotatable bonds is 6. The van der Waals surface area contributed by atoms with E-state index in [4.69, 9.17) is 4.74 Å². The number of methoxy groups -OCH3 is 1. The molecule has 1 aliphatic rings. The van der Waals surface area contributed by atoms with Crippen molar-refractivity contribution < 1.29 is 26.3 Å². The Kier molecular flexibility index (Phi) is 6.53. The standard InChI is InChI=1S/C24H24F3N3O3S/c1-13(16-5-4-6-17(22(16)25)23(26)27)28-24-19-11-18(15-7-9-34(31,32)10-8-15)21(33-3)12-20(19)29-14(2)30-24/h4-7,11-13,23H,8-10H2,1-3H3,(H,28,29,30)/t13-/m1/s1. The Balaban J connectivity index is 1.79. The maximum atomic E-state index is 14.7. The molecule has 0 aliphatic carbocycles. The number of nitrogens with one attached hydrogen (secondary N) is 1. The van der Waals surface area contributed by atoms with E-state index in [2.05, 4.69) is 15.3 Å². The second-order valence-electron chi connectivity index (χ2n) is 8.20. The van der Waals surface area contributed by atoms with Gasteiger partial charge >= 0.3 is 0 Å². The molecule has 1 atom stereocenters. The van der Waals surface area contributed by atoms with Gasteiger partial charge in [-0.25, -0.2) is 31.6 Å². The van der Waals surface area contributed by atoms with Crippen molar-refractivity contribution in [3.8, 4) is 5.75 Å². The molecule has 0 spiro atoms. The van der Waals surface area contributed by atoms with Crippen molar-refractivity contribution in [1.82, 2.24) is 9.97 Å². The number of halogens is 3. The minimum Gasteiger partial charge on any atom is -0.496 e. The van der Waals surface area contributed by atoms with Crippen molar-refractivity contribution in [2.24, 2.45) is 0 Å². The largest absolute Gasteiger partial charge is 0.496 e. The number of sulfone groups is 1. The molecule has 0 bridgehead atoms. The smallest absolute Gasteiger partial charge is 0.266 e. The third kappa shape index (κ3) is 4.72. The van der Waals surface area contributed by atoms with E-state index in [9.17, 15) is 21.6 Å². The van der Waals surface area contributed by atoms with Crippen LogP contribution in [-0.2, 0) is 9.84 Å². The van der Waals surface area contributed by atoms with Crippen LogP contribution in [0, 0.1) is 12.7 Å². The Labute approximate surface area is 195 Å². The summed E-state index contributed by atoms with van der Waals surface area (Å²) in [6, 6.07) is 6.82. The quantitative estimate of drug-likeness (QED) is 0.497. The van der Waals surface area contributed by atoms with E-state index in [0.29, 0.717) is 34.7 Å². The molecule has 1 aromatic heterocycles. The normalized spacial score (nSPS) is 16.4. The minimum absolute atomic E-state index is 0.0458. The summed E-state index contributed by atoms with van der Waals surface area (Å²) in [5, 5.41) is 3.76. The van der Waals surface area contributed by atoms with Gasteiger partial charge in [0.2, 0.25) is 0 Å². The topological polar surface area (TPSA) is 81.2 Å². The molecule has 4 rings (SSSR count). The van der Waals surface area contributed by atoms with Gasteiger partial charge in [-0.05, 0) is 31.9 Å². The number of alkyl halides is 2. The number of benzene rings is 2. The van der Waals surface area contributed by atoms with E-state index < -0.39 is 33.7 Å². The predicted molar refractivity (Wildman–Crippen MR) is 125 cm³/mol. The second-order valence-corrected chi connectivity index (χ2v) is 10.4. The molecular formula is C24H24F3N3O3S. The molecule has 0 saturated carbocycles. The first kappa shape index (κ1) is 24.0. The minimum atomic E-state index is -3.10. The van der Waals surface area contributed by atoms with Crippen LogP contribution in [0.15, 0.2) is 36.4 Å². The van der Waals surface area contributed by atoms with Gasteiger partial charge < -0.3 is 10.1 Å². The summed E-state index contributed by atoms with van der Waals surface area (Å²) in [6.45, 7) is 3.37. The van der Waals surface area contributed by atoms with Crippen LogP contribution in [-0.4, -0.2) is 37.0 Å². The third-order valence-corrected chi connectivity index (χ3v) is 7.35. The van der Waals surface area contributed by atoms with E-state index in [1.54, 1.807) is 26.0 Å². The van der Waals surface area contributed by atoms with Crippen molar-refractivity contribution >= 4 is 32.1 Å². The van der Waals surface area contributed by atoms with Crippen molar-refractivity contribution in [3.63, 3.8) is 0 Å². The van der Waals surface area contributed by atoms with Gasteiger partial charge in [0.25, 0.3) is 6.43 Å². The number of hydrogen-bond donors (Lipinski definition) is 1. The average Bonchev–Trinajstić information content (AvgIpc) is 2.78. The summed E-state index contributed by atoms with van der Waals surface area (Å²) in [6.07, 6.45) is -0.892. The van der Waals surface area contributed by atoms with Crippen LogP contribution in [0.5, 0.6) is 5.75 Å². The van der Waals surface area contributed by atoms with Gasteiger partial charge in [0, 0.05) is 22.6 Å². The van der Waals surface area contributed by atoms with Crippen molar-refractivity contribution in [1.29, 1.82) is 0 Å². The number of aromatic nitrogens is 2. The first-order valence-corrected chi connectivity index (χ1v) is 12.5. The van der Waals surface area contributed by atoms with Crippen LogP contribution in [0.4, 0.5) is 19.0 Å². The van der Waals surface area contributed by atoms with Gasteiger partial charge in [-0.2, -0.15) is 0 Å². The molecule has 2 heterocycles. The average molecular weight is 492 g/mol. The Bertz CT molecular complexity index is 1390. The zero-order chi connectivity index (χ0) is 24.6. The molecule has 1 N–H and O–H groups in total. The van der Waals surface area contributed by atoms with E-state index in [1.807, 2.05) is 6.07 Å². The molecule has 34 heavy (non-hydrogen) atoms. The highest BCUT2D eigenvalue weighted by atomic mass is 32.2. The van der Waals surface area contributed by atoms with Crippen LogP contribution in [0.2, 0.25) is 0 Å². The van der Waals surface area contributed by atoms with Crippen molar-refractivity contribution in [2.75, 3.05) is 23.9 Å². The van der Waals surface area contributed by atoms with Crippen LogP contribution in [0.1, 0.15) is 48.3 Å². The fraction of sp³-hybridized carbons (Fsp3) is 0.333. The fourth-order valence-electron chi connectivity index (χ4n) is 4.08. The van der Waals surface area contributed by atoms with Gasteiger partial charge in [0.1, 0.15) is 23.2 Å². The molecule has 0 saturated heterocycles. The molecular weight excluding hydrogens is 467 g/mol. The lowest BCUT2D eigenvalue weighted by Crippen LogP contribution is -2.15. The van der Waals surface area contributed by atoms with Crippen molar-refractivity contribution in [2.45, 2.75) is 32.7 Å². The Morgan fingerprint density at radius 1 is 1.15 bits per heavy atom. The van der Waals surface area contributed by atoms with Gasteiger partial charge in [0.05, 0.1) is 35.7 Å². The SMILES string of the molecule is COc1cc2nc(C)nc(N[C@H](C)c3cccc(C(F)F)c3F)c2cc1C1=CCS(=O)(=O)CC1. The van der Waals surface area contributed by atoms with Gasteiger partial charge in [-0.1, -0.05) is 24.3 Å². The molecule has 0 radical (unpaired) electrons. The van der Waals surface area contributed by atoms with E-state index >= 15 is 0 Å². The summed E-state index contributed by atoms with van der Waals surface area (Å²) >= 11 is 0. The first-order valence-electron chi connectivity index (χ1n) is 10.7. The summed E-state index contributed by atoms with van der Waals surface area (Å²) in [5.74, 6) is 0.461. The Morgan fingerprint density at radius 2 is 1.88 bits per heavy atom. The lowest BCUT2D eigenvalue weighted by Gasteiger charge is -2.20. The number of hydrogen-bond acceptors (Lipinski definition) is 6. The molecule has 6 nitrogen and oxygen atoms in total. The summed E-state index contributed by atoms with van der Waals surface area (Å²) in [5.41, 5.74) is 1.58. The number of nitrogens with zero attached hydrogens (tertiary/aromatic N) is 2. The summed E-state index contributed by atoms with van der Waals surface area (Å²) in [7, 11) is -1.58. The highest BCUT2D eigenvalue weighted by molar-refractivity contribution is 7.91. The predicted octanol–water partition coefficient (Wildman–Crippen LogP) is 5.40. The van der Waals surface area contributed by atoms with Crippen LogP contribution < -0.4 is 10.1 Å². The number of allylic oxidation sites excluding steroid dienone is 1. The number of aryl methyl sites for hydroxylation is 1. The van der Waals surface area contributed by atoms with Crippen LogP contribution in [0.3, 0.4) is 0 Å². The molecule has 10 heteroatoms. The second kappa shape index (κ2) is 9.25. The highest BCUT2D eigenvalue weighted by Gasteiger charge is 2.23. The molecule has 0 amide bonds. The van der Waals surface area contributed by atoms with E-state index in [-0.39, 0.29) is 17.1 Å². The zero-order valence-electron chi connectivity index (χ0n) is 18.9. The van der Waals surface area contributed by atoms with Gasteiger partial charge in [-0.15, -0.1) is 0 Å². The molecule has 3 aromatic rings. The summed E-state index contributed by atoms with van der Waals surface area (Å²) in [4.78, 5) is 8.94. The Morgan fingerprint density at radius 3 is 2.53 bits per heavy atom. The van der Waals surface area contributed by atoms with Crippen LogP contribution in [0.25, 0.3) is 16.5 Å². The van der Waals surface area contributed by atoms with E-state index in [1.165, 1.54) is 19.2 Å². The van der Waals surface area contributed by atoms with E-state index in [0.717, 1.165) is 17.2 Å². The molecule has 2 aromatic carbocycles. The lowest BCUT2D eigenvalue weighted by molar-refractivity contribution is 0.146. The summed E-state index contributed by atoms with van der Waals surface area (Å²) < 4.78 is 70.3. The maximum Gasteiger partial charge on any atom is 0.266 e. The molecule has 0 unspecified atom stereocenters. The van der Waals surface area contributed by atoms with Crippen LogP contribution >= 0.6 is 0 Å². The fourth-order valence-corrected chi connectivity index (χ4v) is 5.23. The molecule has 180 valence electrons. The van der Waals surface area contributed by atoms with Crippen molar-refractivity contribution in [3.05, 3.63) is 64.7 Å². The Hall–Kier alpha value is -3.14. The third-order valence-electron chi connectivity index (χ3n) is 5.85. The monoisotopic (exact) mass is 491 g/mol. The number of fused-ring (bicyclic) bond motifs is 1. The molecule has 0 fully saturated rings. The van der Waals surface area contributed by atoms with Gasteiger partial charge in [-0.3, -0.25) is 0 Å².